The third-order valence-electron chi connectivity index (χ3n) is 6.25. The fourth-order valence-electron chi connectivity index (χ4n) is 5.72. The molecule has 0 unspecified atom stereocenters. The molecule has 0 amide bonds. The SMILES string of the molecule is CCCCc1[nH]nc(N)c1C1C2CC3CC(C2)CC1C3. The van der Waals surface area contributed by atoms with Gasteiger partial charge in [-0.25, -0.2) is 0 Å². The molecule has 4 saturated carbocycles. The minimum absolute atomic E-state index is 0.716. The molecule has 110 valence electrons. The molecule has 3 heteroatoms. The van der Waals surface area contributed by atoms with Crippen molar-refractivity contribution in [2.24, 2.45) is 23.7 Å². The van der Waals surface area contributed by atoms with Crippen molar-refractivity contribution in [2.75, 3.05) is 5.73 Å². The van der Waals surface area contributed by atoms with Crippen LogP contribution in [-0.4, -0.2) is 10.2 Å². The first kappa shape index (κ1) is 12.7. The first-order valence-corrected chi connectivity index (χ1v) is 8.58. The molecule has 4 bridgehead atoms. The van der Waals surface area contributed by atoms with Gasteiger partial charge < -0.3 is 5.73 Å². The van der Waals surface area contributed by atoms with Gasteiger partial charge in [0, 0.05) is 11.3 Å². The summed E-state index contributed by atoms with van der Waals surface area (Å²) in [5.74, 6) is 5.36. The number of hydrogen-bond acceptors (Lipinski definition) is 2. The molecule has 0 aromatic carbocycles. The molecule has 4 fully saturated rings. The molecule has 20 heavy (non-hydrogen) atoms. The number of nitrogen functional groups attached to an aromatic ring is 1. The summed E-state index contributed by atoms with van der Waals surface area (Å²) in [4.78, 5) is 0. The Kier molecular flexibility index (Phi) is 3.04. The predicted octanol–water partition coefficient (Wildman–Crippen LogP) is 3.87. The van der Waals surface area contributed by atoms with E-state index in [1.54, 1.807) is 0 Å². The number of nitrogens with zero attached hydrogens (tertiary/aromatic N) is 1. The van der Waals surface area contributed by atoms with Crippen molar-refractivity contribution >= 4 is 5.82 Å². The van der Waals surface area contributed by atoms with Crippen molar-refractivity contribution in [1.29, 1.82) is 0 Å². The number of nitrogens with two attached hydrogens (primary N) is 1. The molecule has 0 radical (unpaired) electrons. The summed E-state index contributed by atoms with van der Waals surface area (Å²) in [6.45, 7) is 2.25. The first-order valence-electron chi connectivity index (χ1n) is 8.58. The van der Waals surface area contributed by atoms with Crippen molar-refractivity contribution in [3.8, 4) is 0 Å². The van der Waals surface area contributed by atoms with E-state index in [9.17, 15) is 0 Å². The van der Waals surface area contributed by atoms with Crippen LogP contribution in [0.5, 0.6) is 0 Å². The zero-order valence-electron chi connectivity index (χ0n) is 12.6. The largest absolute Gasteiger partial charge is 0.382 e. The summed E-state index contributed by atoms with van der Waals surface area (Å²) in [6.07, 6.45) is 10.9. The minimum atomic E-state index is 0.716. The third kappa shape index (κ3) is 1.89. The van der Waals surface area contributed by atoms with Gasteiger partial charge in [-0.2, -0.15) is 5.10 Å². The van der Waals surface area contributed by atoms with Crippen LogP contribution in [0.2, 0.25) is 0 Å². The lowest BCUT2D eigenvalue weighted by molar-refractivity contribution is -0.00282. The van der Waals surface area contributed by atoms with Gasteiger partial charge in [0.15, 0.2) is 0 Å². The number of aryl methyl sites for hydroxylation is 1. The van der Waals surface area contributed by atoms with Gasteiger partial charge in [-0.15, -0.1) is 0 Å². The van der Waals surface area contributed by atoms with E-state index in [0.717, 1.165) is 35.9 Å². The van der Waals surface area contributed by atoms with Gasteiger partial charge in [0.1, 0.15) is 5.82 Å². The molecule has 4 aliphatic carbocycles. The zero-order chi connectivity index (χ0) is 13.7. The molecule has 0 saturated heterocycles. The lowest BCUT2D eigenvalue weighted by atomic mass is 9.50. The number of hydrogen-bond donors (Lipinski definition) is 2. The normalized spacial score (nSPS) is 38.5. The Morgan fingerprint density at radius 3 is 2.35 bits per heavy atom. The highest BCUT2D eigenvalue weighted by Gasteiger charge is 2.49. The van der Waals surface area contributed by atoms with Crippen LogP contribution < -0.4 is 5.73 Å². The van der Waals surface area contributed by atoms with Crippen molar-refractivity contribution in [2.45, 2.75) is 64.2 Å². The predicted molar refractivity (Wildman–Crippen MR) is 81.4 cm³/mol. The van der Waals surface area contributed by atoms with Crippen LogP contribution in [0.3, 0.4) is 0 Å². The molecule has 1 aromatic rings. The van der Waals surface area contributed by atoms with Gasteiger partial charge >= 0.3 is 0 Å². The van der Waals surface area contributed by atoms with E-state index in [1.807, 2.05) is 0 Å². The molecule has 0 spiro atoms. The molecular weight excluding hydrogens is 246 g/mol. The van der Waals surface area contributed by atoms with Gasteiger partial charge in [0.25, 0.3) is 0 Å². The van der Waals surface area contributed by atoms with Gasteiger partial charge in [-0.3, -0.25) is 5.10 Å². The van der Waals surface area contributed by atoms with E-state index in [2.05, 4.69) is 17.1 Å². The van der Waals surface area contributed by atoms with E-state index in [1.165, 1.54) is 56.2 Å². The number of nitrogens with one attached hydrogen (secondary N) is 1. The first-order chi connectivity index (χ1) is 9.76. The lowest BCUT2D eigenvalue weighted by Gasteiger charge is -2.54. The molecule has 0 aliphatic heterocycles. The maximum Gasteiger partial charge on any atom is 0.148 e. The number of aromatic nitrogens is 2. The number of unbranched alkanes of at least 4 members (excludes halogenated alkanes) is 1. The Hall–Kier alpha value is -0.990. The van der Waals surface area contributed by atoms with E-state index in [4.69, 9.17) is 5.73 Å². The van der Waals surface area contributed by atoms with Crippen molar-refractivity contribution < 1.29 is 0 Å². The van der Waals surface area contributed by atoms with E-state index < -0.39 is 0 Å². The molecule has 0 atom stereocenters. The summed E-state index contributed by atoms with van der Waals surface area (Å²) in [7, 11) is 0. The quantitative estimate of drug-likeness (QED) is 0.875. The molecule has 4 aliphatic rings. The van der Waals surface area contributed by atoms with Gasteiger partial charge in [-0.1, -0.05) is 13.3 Å². The van der Waals surface area contributed by atoms with Crippen LogP contribution in [-0.2, 0) is 6.42 Å². The second kappa shape index (κ2) is 4.78. The second-order valence-electron chi connectivity index (χ2n) is 7.56. The minimum Gasteiger partial charge on any atom is -0.382 e. The average Bonchev–Trinajstić information content (AvgIpc) is 2.77. The summed E-state index contributed by atoms with van der Waals surface area (Å²) in [5.41, 5.74) is 9.02. The average molecular weight is 273 g/mol. The molecule has 5 rings (SSSR count). The van der Waals surface area contributed by atoms with Gasteiger partial charge in [-0.05, 0) is 74.5 Å². The third-order valence-corrected chi connectivity index (χ3v) is 6.25. The van der Waals surface area contributed by atoms with Crippen molar-refractivity contribution in [3.63, 3.8) is 0 Å². The molecule has 3 N–H and O–H groups in total. The summed E-state index contributed by atoms with van der Waals surface area (Å²) in [6, 6.07) is 0. The Morgan fingerprint density at radius 2 is 1.75 bits per heavy atom. The molecule has 1 heterocycles. The Balaban J connectivity index is 1.65. The smallest absolute Gasteiger partial charge is 0.148 e. The monoisotopic (exact) mass is 273 g/mol. The second-order valence-corrected chi connectivity index (χ2v) is 7.56. The van der Waals surface area contributed by atoms with Crippen LogP contribution in [0, 0.1) is 23.7 Å². The van der Waals surface area contributed by atoms with Crippen molar-refractivity contribution in [1.82, 2.24) is 10.2 Å². The number of rotatable bonds is 4. The summed E-state index contributed by atoms with van der Waals surface area (Å²) in [5, 5.41) is 7.60. The van der Waals surface area contributed by atoms with Crippen LogP contribution in [0.1, 0.15) is 69.0 Å². The van der Waals surface area contributed by atoms with E-state index in [-0.39, 0.29) is 0 Å². The Labute approximate surface area is 121 Å². The standard InChI is InChI=1S/C17H27N3/c1-2-3-4-14-16(17(18)20-19-14)15-12-6-10-5-11(8-12)9-13(15)7-10/h10-13,15H,2-9H2,1H3,(H3,18,19,20). The number of H-pyrrole nitrogens is 1. The molecule has 1 aromatic heterocycles. The number of anilines is 1. The van der Waals surface area contributed by atoms with Crippen LogP contribution in [0.25, 0.3) is 0 Å². The van der Waals surface area contributed by atoms with Crippen LogP contribution >= 0.6 is 0 Å². The lowest BCUT2D eigenvalue weighted by Crippen LogP contribution is -2.44. The maximum absolute atomic E-state index is 6.25. The van der Waals surface area contributed by atoms with E-state index >= 15 is 0 Å². The van der Waals surface area contributed by atoms with Crippen molar-refractivity contribution in [3.05, 3.63) is 11.3 Å². The van der Waals surface area contributed by atoms with Crippen LogP contribution in [0.4, 0.5) is 5.82 Å². The highest BCUT2D eigenvalue weighted by Crippen LogP contribution is 2.60. The van der Waals surface area contributed by atoms with Crippen LogP contribution in [0.15, 0.2) is 0 Å². The van der Waals surface area contributed by atoms with Gasteiger partial charge in [0.2, 0.25) is 0 Å². The number of aromatic amines is 1. The summed E-state index contributed by atoms with van der Waals surface area (Å²) >= 11 is 0. The fourth-order valence-corrected chi connectivity index (χ4v) is 5.72. The highest BCUT2D eigenvalue weighted by atomic mass is 15.2. The van der Waals surface area contributed by atoms with E-state index in [0.29, 0.717) is 5.92 Å². The molecular formula is C17H27N3. The maximum atomic E-state index is 6.25. The fraction of sp³-hybridized carbons (Fsp3) is 0.824. The molecule has 3 nitrogen and oxygen atoms in total. The summed E-state index contributed by atoms with van der Waals surface area (Å²) < 4.78 is 0. The highest BCUT2D eigenvalue weighted by molar-refractivity contribution is 5.46. The Morgan fingerprint density at radius 1 is 1.10 bits per heavy atom. The van der Waals surface area contributed by atoms with Gasteiger partial charge in [0.05, 0.1) is 0 Å². The zero-order valence-corrected chi connectivity index (χ0v) is 12.6. The Bertz CT molecular complexity index is 462. The topological polar surface area (TPSA) is 54.7 Å².